The van der Waals surface area contributed by atoms with E-state index in [9.17, 15) is 4.79 Å². The number of rotatable bonds is 3. The first-order valence-electron chi connectivity index (χ1n) is 8.43. The van der Waals surface area contributed by atoms with E-state index in [-0.39, 0.29) is 11.8 Å². The lowest BCUT2D eigenvalue weighted by Gasteiger charge is -2.39. The summed E-state index contributed by atoms with van der Waals surface area (Å²) >= 11 is 12.2. The van der Waals surface area contributed by atoms with Crippen molar-refractivity contribution >= 4 is 29.1 Å². The lowest BCUT2D eigenvalue weighted by atomic mass is 9.77. The normalized spacial score (nSPS) is 21.6. The summed E-state index contributed by atoms with van der Waals surface area (Å²) in [6, 6.07) is 5.49. The molecule has 2 aliphatic heterocycles. The molecule has 2 saturated heterocycles. The average Bonchev–Trinajstić information content (AvgIpc) is 2.98. The molecule has 2 aliphatic rings. The van der Waals surface area contributed by atoms with Crippen LogP contribution >= 0.6 is 23.2 Å². The molecule has 0 bridgehead atoms. The van der Waals surface area contributed by atoms with Crippen molar-refractivity contribution < 1.29 is 4.79 Å². The molecule has 23 heavy (non-hydrogen) atoms. The molecule has 3 rings (SSSR count). The van der Waals surface area contributed by atoms with E-state index in [4.69, 9.17) is 23.2 Å². The fourth-order valence-electron chi connectivity index (χ4n) is 3.84. The summed E-state index contributed by atoms with van der Waals surface area (Å²) in [6.45, 7) is 6.01. The molecule has 126 valence electrons. The lowest BCUT2D eigenvalue weighted by molar-refractivity contribution is -0.137. The highest BCUT2D eigenvalue weighted by atomic mass is 35.5. The Hall–Kier alpha value is -0.770. The summed E-state index contributed by atoms with van der Waals surface area (Å²) < 4.78 is 0. The second kappa shape index (κ2) is 7.00. The van der Waals surface area contributed by atoms with Gasteiger partial charge in [0.25, 0.3) is 0 Å². The van der Waals surface area contributed by atoms with E-state index in [2.05, 4.69) is 5.32 Å². The van der Waals surface area contributed by atoms with Crippen molar-refractivity contribution in [2.45, 2.75) is 32.6 Å². The number of nitrogens with one attached hydrogen (secondary N) is 1. The Morgan fingerprint density at radius 1 is 1.30 bits per heavy atom. The predicted octanol–water partition coefficient (Wildman–Crippen LogP) is 3.77. The van der Waals surface area contributed by atoms with E-state index in [1.165, 1.54) is 6.42 Å². The second-order valence-corrected chi connectivity index (χ2v) is 7.94. The van der Waals surface area contributed by atoms with Crippen molar-refractivity contribution in [2.24, 2.45) is 11.3 Å². The van der Waals surface area contributed by atoms with Gasteiger partial charge in [-0.1, -0.05) is 36.2 Å². The number of amides is 1. The van der Waals surface area contributed by atoms with Gasteiger partial charge in [0.1, 0.15) is 0 Å². The van der Waals surface area contributed by atoms with Gasteiger partial charge in [0.15, 0.2) is 0 Å². The molecule has 2 fully saturated rings. The number of carbonyl (C=O) groups excluding carboxylic acids is 1. The minimum absolute atomic E-state index is 0.0515. The van der Waals surface area contributed by atoms with E-state index in [1.54, 1.807) is 6.07 Å². The molecule has 1 aromatic carbocycles. The Labute approximate surface area is 148 Å². The maximum absolute atomic E-state index is 12.7. The highest BCUT2D eigenvalue weighted by Gasteiger charge is 2.38. The summed E-state index contributed by atoms with van der Waals surface area (Å²) in [5.74, 6) is 0.196. The third-order valence-corrected chi connectivity index (χ3v) is 6.02. The standard InChI is InChI=1S/C18H24Cl2N2O/c1-13(10-14-2-3-15(19)11-16(14)20)17(23)22-8-5-18(6-9-22)4-7-21-12-18/h2-3,11,13,21H,4-10,12H2,1H3. The molecule has 3 nitrogen and oxygen atoms in total. The zero-order chi connectivity index (χ0) is 16.4. The molecule has 1 atom stereocenters. The fourth-order valence-corrected chi connectivity index (χ4v) is 4.33. The van der Waals surface area contributed by atoms with Gasteiger partial charge in [0, 0.05) is 35.6 Å². The number of halogens is 2. The van der Waals surface area contributed by atoms with Gasteiger partial charge in [-0.05, 0) is 55.3 Å². The second-order valence-electron chi connectivity index (χ2n) is 7.09. The van der Waals surface area contributed by atoms with Crippen LogP contribution in [0, 0.1) is 11.3 Å². The minimum Gasteiger partial charge on any atom is -0.342 e. The van der Waals surface area contributed by atoms with Crippen LogP contribution in [-0.2, 0) is 11.2 Å². The number of hydrogen-bond acceptors (Lipinski definition) is 2. The smallest absolute Gasteiger partial charge is 0.225 e. The van der Waals surface area contributed by atoms with E-state index in [1.807, 2.05) is 24.0 Å². The number of piperidine rings is 1. The maximum atomic E-state index is 12.7. The van der Waals surface area contributed by atoms with E-state index < -0.39 is 0 Å². The zero-order valence-electron chi connectivity index (χ0n) is 13.6. The van der Waals surface area contributed by atoms with E-state index in [0.29, 0.717) is 21.9 Å². The van der Waals surface area contributed by atoms with Crippen LogP contribution < -0.4 is 5.32 Å². The summed E-state index contributed by atoms with van der Waals surface area (Å²) in [5.41, 5.74) is 1.44. The SMILES string of the molecule is CC(Cc1ccc(Cl)cc1Cl)C(=O)N1CCC2(CCNC2)CC1. The molecular weight excluding hydrogens is 331 g/mol. The molecule has 0 radical (unpaired) electrons. The Morgan fingerprint density at radius 2 is 2.04 bits per heavy atom. The largest absolute Gasteiger partial charge is 0.342 e. The summed E-state index contributed by atoms with van der Waals surface area (Å²) in [5, 5.41) is 4.74. The van der Waals surface area contributed by atoms with Crippen molar-refractivity contribution in [3.8, 4) is 0 Å². The number of benzene rings is 1. The number of likely N-dealkylation sites (tertiary alicyclic amines) is 1. The summed E-state index contributed by atoms with van der Waals surface area (Å²) in [4.78, 5) is 14.8. The van der Waals surface area contributed by atoms with Gasteiger partial charge in [-0.3, -0.25) is 4.79 Å². The van der Waals surface area contributed by atoms with Crippen LogP contribution in [0.15, 0.2) is 18.2 Å². The van der Waals surface area contributed by atoms with Crippen molar-refractivity contribution in [3.63, 3.8) is 0 Å². The maximum Gasteiger partial charge on any atom is 0.225 e. The van der Waals surface area contributed by atoms with Crippen molar-refractivity contribution in [2.75, 3.05) is 26.2 Å². The van der Waals surface area contributed by atoms with Crippen LogP contribution in [0.1, 0.15) is 31.7 Å². The van der Waals surface area contributed by atoms with Gasteiger partial charge < -0.3 is 10.2 Å². The molecule has 0 aromatic heterocycles. The number of carbonyl (C=O) groups is 1. The van der Waals surface area contributed by atoms with Crippen LogP contribution in [0.3, 0.4) is 0 Å². The third-order valence-electron chi connectivity index (χ3n) is 5.43. The first kappa shape index (κ1) is 17.1. The lowest BCUT2D eigenvalue weighted by Crippen LogP contribution is -2.46. The third kappa shape index (κ3) is 3.84. The Kier molecular flexibility index (Phi) is 5.19. The Bertz CT molecular complexity index is 574. The fraction of sp³-hybridized carbons (Fsp3) is 0.611. The van der Waals surface area contributed by atoms with Crippen molar-refractivity contribution in [1.29, 1.82) is 0 Å². The van der Waals surface area contributed by atoms with Crippen molar-refractivity contribution in [3.05, 3.63) is 33.8 Å². The number of nitrogens with zero attached hydrogens (tertiary/aromatic N) is 1. The van der Waals surface area contributed by atoms with Crippen LogP contribution in [0.4, 0.5) is 0 Å². The Balaban J connectivity index is 1.57. The van der Waals surface area contributed by atoms with Crippen LogP contribution in [-0.4, -0.2) is 37.0 Å². The average molecular weight is 355 g/mol. The van der Waals surface area contributed by atoms with Gasteiger partial charge in [-0.15, -0.1) is 0 Å². The Morgan fingerprint density at radius 3 is 2.65 bits per heavy atom. The highest BCUT2D eigenvalue weighted by Crippen LogP contribution is 2.37. The molecule has 1 spiro atoms. The zero-order valence-corrected chi connectivity index (χ0v) is 15.1. The molecule has 2 heterocycles. The molecular formula is C18H24Cl2N2O. The first-order chi connectivity index (χ1) is 11.0. The summed E-state index contributed by atoms with van der Waals surface area (Å²) in [7, 11) is 0. The first-order valence-corrected chi connectivity index (χ1v) is 9.18. The predicted molar refractivity (Wildman–Crippen MR) is 95.1 cm³/mol. The van der Waals surface area contributed by atoms with Gasteiger partial charge in [0.05, 0.1) is 0 Å². The monoisotopic (exact) mass is 354 g/mol. The van der Waals surface area contributed by atoms with Crippen LogP contribution in [0.2, 0.25) is 10.0 Å². The molecule has 0 saturated carbocycles. The van der Waals surface area contributed by atoms with Gasteiger partial charge in [-0.25, -0.2) is 0 Å². The van der Waals surface area contributed by atoms with Gasteiger partial charge in [0.2, 0.25) is 5.91 Å². The quantitative estimate of drug-likeness (QED) is 0.895. The molecule has 1 amide bonds. The van der Waals surface area contributed by atoms with E-state index >= 15 is 0 Å². The van der Waals surface area contributed by atoms with Crippen LogP contribution in [0.25, 0.3) is 0 Å². The molecule has 1 aromatic rings. The van der Waals surface area contributed by atoms with Gasteiger partial charge >= 0.3 is 0 Å². The topological polar surface area (TPSA) is 32.3 Å². The molecule has 0 aliphatic carbocycles. The van der Waals surface area contributed by atoms with Crippen molar-refractivity contribution in [1.82, 2.24) is 10.2 Å². The highest BCUT2D eigenvalue weighted by molar-refractivity contribution is 6.35. The minimum atomic E-state index is -0.0515. The molecule has 5 heteroatoms. The molecule has 1 N–H and O–H groups in total. The summed E-state index contributed by atoms with van der Waals surface area (Å²) in [6.07, 6.45) is 4.17. The molecule has 1 unspecified atom stereocenters. The van der Waals surface area contributed by atoms with Crippen LogP contribution in [0.5, 0.6) is 0 Å². The van der Waals surface area contributed by atoms with Gasteiger partial charge in [-0.2, -0.15) is 0 Å². The van der Waals surface area contributed by atoms with E-state index in [0.717, 1.165) is 44.6 Å². The number of hydrogen-bond donors (Lipinski definition) is 1.